The van der Waals surface area contributed by atoms with Crippen molar-refractivity contribution in [3.63, 3.8) is 0 Å². The van der Waals surface area contributed by atoms with E-state index in [4.69, 9.17) is 9.05 Å². The highest BCUT2D eigenvalue weighted by molar-refractivity contribution is 7.47. The minimum atomic E-state index is -5.26. The van der Waals surface area contributed by atoms with Gasteiger partial charge in [0.25, 0.3) is 0 Å². The predicted molar refractivity (Wildman–Crippen MR) is 191 cm³/mol. The summed E-state index contributed by atoms with van der Waals surface area (Å²) in [5.74, 6) is -0.238. The molecule has 0 atom stereocenters. The summed E-state index contributed by atoms with van der Waals surface area (Å²) in [5.41, 5.74) is 9.43. The average Bonchev–Trinajstić information content (AvgIpc) is 2.95. The third-order valence-corrected chi connectivity index (χ3v) is 9.59. The van der Waals surface area contributed by atoms with Crippen LogP contribution in [0.5, 0.6) is 11.5 Å². The molecule has 0 spiro atoms. The third-order valence-electron chi connectivity index (χ3n) is 8.75. The van der Waals surface area contributed by atoms with Gasteiger partial charge in [0, 0.05) is 22.3 Å². The first kappa shape index (κ1) is 35.3. The maximum Gasteiger partial charge on any atom is 0.524 e. The van der Waals surface area contributed by atoms with Crippen molar-refractivity contribution >= 4 is 15.6 Å². The summed E-state index contributed by atoms with van der Waals surface area (Å²) in [6, 6.07) is 22.5. The minimum absolute atomic E-state index is 0.119. The van der Waals surface area contributed by atoms with Crippen LogP contribution < -0.4 is 9.05 Å². The van der Waals surface area contributed by atoms with Crippen LogP contribution in [0.15, 0.2) is 72.8 Å². The number of phosphoric ester groups is 2. The van der Waals surface area contributed by atoms with Gasteiger partial charge in [-0.3, -0.25) is 19.6 Å². The van der Waals surface area contributed by atoms with Crippen molar-refractivity contribution in [3.8, 4) is 56.0 Å². The van der Waals surface area contributed by atoms with E-state index in [2.05, 4.69) is 0 Å². The number of hydrogen-bond donors (Lipinski definition) is 4. The fourth-order valence-corrected chi connectivity index (χ4v) is 7.75. The summed E-state index contributed by atoms with van der Waals surface area (Å²) in [7, 11) is -10.5. The van der Waals surface area contributed by atoms with Crippen LogP contribution in [-0.2, 0) is 9.13 Å². The van der Waals surface area contributed by atoms with Gasteiger partial charge in [0.1, 0.15) is 11.5 Å². The molecule has 0 amide bonds. The van der Waals surface area contributed by atoms with Gasteiger partial charge in [-0.15, -0.1) is 0 Å². The second-order valence-corrected chi connectivity index (χ2v) is 14.7. The van der Waals surface area contributed by atoms with Gasteiger partial charge in [-0.1, -0.05) is 72.8 Å². The van der Waals surface area contributed by atoms with Crippen LogP contribution in [0.3, 0.4) is 0 Å². The molecule has 0 bridgehead atoms. The molecule has 0 radical (unpaired) electrons. The molecule has 0 saturated heterocycles. The van der Waals surface area contributed by atoms with Crippen LogP contribution in [0.4, 0.5) is 0 Å². The molecule has 4 N–H and O–H groups in total. The third kappa shape index (κ3) is 6.79. The molecule has 0 aliphatic rings. The van der Waals surface area contributed by atoms with E-state index in [0.717, 1.165) is 44.5 Å². The smallest absolute Gasteiger partial charge is 0.403 e. The first-order valence-corrected chi connectivity index (χ1v) is 18.5. The number of aryl methyl sites for hydroxylation is 8. The summed E-state index contributed by atoms with van der Waals surface area (Å²) in [6.45, 7) is 15.0. The standard InChI is InChI=1S/C38H40O8P2/c1-21-13-9-14-22(2)29(21)33-34(30-23(3)15-10-16-24(30)4)38(46-48(42,43)44)36(32-27(7)19-12-20-28(32)8)35(37(33)45-47(39,40)41)31-25(5)17-11-18-26(31)6/h9-20H,1-8H3,(H2,39,40,41)(H2,42,43,44). The van der Waals surface area contributed by atoms with Crippen LogP contribution in [-0.4, -0.2) is 19.6 Å². The van der Waals surface area contributed by atoms with Gasteiger partial charge in [-0.25, -0.2) is 9.13 Å². The monoisotopic (exact) mass is 686 g/mol. The lowest BCUT2D eigenvalue weighted by molar-refractivity contribution is 0.279. The van der Waals surface area contributed by atoms with Gasteiger partial charge in [0.2, 0.25) is 0 Å². The van der Waals surface area contributed by atoms with E-state index in [-0.39, 0.29) is 33.8 Å². The Kier molecular flexibility index (Phi) is 9.66. The zero-order chi connectivity index (χ0) is 35.3. The van der Waals surface area contributed by atoms with Gasteiger partial charge in [0.05, 0.1) is 0 Å². The maximum atomic E-state index is 13.1. The fourth-order valence-electron chi connectivity index (χ4n) is 6.91. The average molecular weight is 687 g/mol. The zero-order valence-corrected chi connectivity index (χ0v) is 30.0. The van der Waals surface area contributed by atoms with E-state index < -0.39 is 15.6 Å². The highest BCUT2D eigenvalue weighted by atomic mass is 31.2. The Morgan fingerprint density at radius 2 is 0.521 bits per heavy atom. The molecule has 8 nitrogen and oxygen atoms in total. The maximum absolute atomic E-state index is 13.1. The molecule has 48 heavy (non-hydrogen) atoms. The SMILES string of the molecule is Cc1cccc(C)c1-c1c(OP(=O)(O)O)c(-c2c(C)cccc2C)c(-c2c(C)cccc2C)c(OP(=O)(O)O)c1-c1c(C)cccc1C. The summed E-state index contributed by atoms with van der Waals surface area (Å²) in [4.78, 5) is 42.5. The lowest BCUT2D eigenvalue weighted by atomic mass is 9.77. The first-order valence-electron chi connectivity index (χ1n) is 15.4. The fraction of sp³-hybridized carbons (Fsp3) is 0.211. The normalized spacial score (nSPS) is 11.9. The summed E-state index contributed by atoms with van der Waals surface area (Å²) >= 11 is 0. The lowest BCUT2D eigenvalue weighted by Crippen LogP contribution is -2.08. The molecule has 5 aromatic carbocycles. The Morgan fingerprint density at radius 3 is 0.667 bits per heavy atom. The quantitative estimate of drug-likeness (QED) is 0.119. The van der Waals surface area contributed by atoms with Gasteiger partial charge in [-0.05, 0) is 122 Å². The molecule has 0 aromatic heterocycles. The van der Waals surface area contributed by atoms with E-state index in [0.29, 0.717) is 22.3 Å². The Labute approximate surface area is 281 Å². The van der Waals surface area contributed by atoms with E-state index in [9.17, 15) is 28.7 Å². The highest BCUT2D eigenvalue weighted by Crippen LogP contribution is 2.63. The summed E-state index contributed by atoms with van der Waals surface area (Å²) in [5, 5.41) is 0. The molecule has 250 valence electrons. The van der Waals surface area contributed by atoms with Crippen LogP contribution >= 0.6 is 15.6 Å². The Hall–Kier alpha value is -4.00. The number of hydrogen-bond acceptors (Lipinski definition) is 4. The van der Waals surface area contributed by atoms with Crippen molar-refractivity contribution in [2.24, 2.45) is 0 Å². The molecule has 5 aromatic rings. The van der Waals surface area contributed by atoms with Crippen molar-refractivity contribution in [3.05, 3.63) is 117 Å². The second-order valence-electron chi connectivity index (χ2n) is 12.4. The van der Waals surface area contributed by atoms with Crippen molar-refractivity contribution in [1.82, 2.24) is 0 Å². The van der Waals surface area contributed by atoms with Crippen molar-refractivity contribution in [2.75, 3.05) is 0 Å². The van der Waals surface area contributed by atoms with E-state index in [1.807, 2.05) is 128 Å². The second kappa shape index (κ2) is 13.1. The van der Waals surface area contributed by atoms with E-state index in [1.54, 1.807) is 0 Å². The molecule has 0 heterocycles. The van der Waals surface area contributed by atoms with Gasteiger partial charge >= 0.3 is 15.6 Å². The van der Waals surface area contributed by atoms with Crippen LogP contribution in [0.1, 0.15) is 44.5 Å². The van der Waals surface area contributed by atoms with Gasteiger partial charge in [-0.2, -0.15) is 0 Å². The molecule has 0 unspecified atom stereocenters. The van der Waals surface area contributed by atoms with E-state index in [1.165, 1.54) is 0 Å². The Bertz CT molecular complexity index is 1810. The van der Waals surface area contributed by atoms with Crippen LogP contribution in [0.2, 0.25) is 0 Å². The summed E-state index contributed by atoms with van der Waals surface area (Å²) in [6.07, 6.45) is 0. The Balaban J connectivity index is 2.31. The molecular weight excluding hydrogens is 646 g/mol. The highest BCUT2D eigenvalue weighted by Gasteiger charge is 2.38. The van der Waals surface area contributed by atoms with Crippen molar-refractivity contribution in [1.29, 1.82) is 0 Å². The molecule has 0 fully saturated rings. The molecule has 5 rings (SSSR count). The molecular formula is C38H40O8P2. The van der Waals surface area contributed by atoms with Crippen LogP contribution in [0, 0.1) is 55.4 Å². The van der Waals surface area contributed by atoms with Crippen molar-refractivity contribution in [2.45, 2.75) is 55.4 Å². The minimum Gasteiger partial charge on any atom is -0.403 e. The molecule has 0 aliphatic carbocycles. The topological polar surface area (TPSA) is 134 Å². The molecule has 10 heteroatoms. The van der Waals surface area contributed by atoms with Crippen molar-refractivity contribution < 1.29 is 37.8 Å². The van der Waals surface area contributed by atoms with Gasteiger partial charge in [0.15, 0.2) is 0 Å². The van der Waals surface area contributed by atoms with Gasteiger partial charge < -0.3 is 9.05 Å². The van der Waals surface area contributed by atoms with Crippen LogP contribution in [0.25, 0.3) is 44.5 Å². The largest absolute Gasteiger partial charge is 0.524 e. The lowest BCUT2D eigenvalue weighted by Gasteiger charge is -2.31. The van der Waals surface area contributed by atoms with E-state index >= 15 is 0 Å². The zero-order valence-electron chi connectivity index (χ0n) is 28.2. The first-order chi connectivity index (χ1) is 22.4. The number of rotatable bonds is 8. The molecule has 0 saturated carbocycles. The Morgan fingerprint density at radius 1 is 0.354 bits per heavy atom. The molecule has 0 aliphatic heterocycles. The summed E-state index contributed by atoms with van der Waals surface area (Å²) < 4.78 is 38.0. The predicted octanol–water partition coefficient (Wildman–Crippen LogP) is 9.76. The number of benzene rings is 5. The number of phosphoric acid groups is 2.